The van der Waals surface area contributed by atoms with E-state index in [0.29, 0.717) is 5.92 Å². The van der Waals surface area contributed by atoms with Gasteiger partial charge in [-0.25, -0.2) is 4.99 Å². The van der Waals surface area contributed by atoms with E-state index in [9.17, 15) is 0 Å². The first-order chi connectivity index (χ1) is 10.7. The van der Waals surface area contributed by atoms with Crippen LogP contribution < -0.4 is 4.74 Å². The van der Waals surface area contributed by atoms with Gasteiger partial charge in [-0.3, -0.25) is 0 Å². The van der Waals surface area contributed by atoms with Gasteiger partial charge in [0.05, 0.1) is 12.3 Å². The van der Waals surface area contributed by atoms with Crippen molar-refractivity contribution in [2.24, 2.45) is 10.9 Å². The molecule has 2 nitrogen and oxygen atoms in total. The average molecular weight is 293 g/mol. The molecule has 0 heterocycles. The van der Waals surface area contributed by atoms with Crippen molar-refractivity contribution >= 4 is 17.1 Å². The van der Waals surface area contributed by atoms with Crippen molar-refractivity contribution in [2.45, 2.75) is 27.2 Å². The summed E-state index contributed by atoms with van der Waals surface area (Å²) >= 11 is 0. The number of hydrogen-bond donors (Lipinski definition) is 0. The summed E-state index contributed by atoms with van der Waals surface area (Å²) in [6, 6.07) is 18.1. The molecule has 0 saturated carbocycles. The van der Waals surface area contributed by atoms with Crippen molar-refractivity contribution in [3.05, 3.63) is 60.2 Å². The monoisotopic (exact) mass is 293 g/mol. The summed E-state index contributed by atoms with van der Waals surface area (Å²) in [6.45, 7) is 7.17. The highest BCUT2D eigenvalue weighted by atomic mass is 16.5. The van der Waals surface area contributed by atoms with Gasteiger partial charge >= 0.3 is 0 Å². The molecule has 0 aliphatic carbocycles. The molecule has 0 bridgehead atoms. The van der Waals surface area contributed by atoms with Gasteiger partial charge in [0.15, 0.2) is 0 Å². The molecule has 0 aromatic heterocycles. The van der Waals surface area contributed by atoms with E-state index in [0.717, 1.165) is 35.6 Å². The number of aliphatic imine (C=N–C) groups is 1. The van der Waals surface area contributed by atoms with Crippen LogP contribution in [0.5, 0.6) is 5.75 Å². The Hall–Kier alpha value is -2.31. The molecule has 0 unspecified atom stereocenters. The summed E-state index contributed by atoms with van der Waals surface area (Å²) in [5.41, 5.74) is 3.16. The first kappa shape index (κ1) is 16.1. The minimum absolute atomic E-state index is 0.356. The lowest BCUT2D eigenvalue weighted by atomic mass is 9.97. The molecule has 0 atom stereocenters. The van der Waals surface area contributed by atoms with E-state index in [1.807, 2.05) is 42.5 Å². The lowest BCUT2D eigenvalue weighted by Gasteiger charge is -2.10. The SMILES string of the molecule is CCCOc1ccc(C(=C=Nc2ccccc2)C(C)C)cc1. The van der Waals surface area contributed by atoms with Crippen molar-refractivity contribution in [1.29, 1.82) is 0 Å². The summed E-state index contributed by atoms with van der Waals surface area (Å²) in [5, 5.41) is 0. The molecule has 0 aliphatic heterocycles. The highest BCUT2D eigenvalue weighted by Crippen LogP contribution is 2.23. The molecule has 114 valence electrons. The lowest BCUT2D eigenvalue weighted by molar-refractivity contribution is 0.317. The molecule has 0 fully saturated rings. The third-order valence-electron chi connectivity index (χ3n) is 3.28. The Morgan fingerprint density at radius 3 is 2.32 bits per heavy atom. The molecule has 0 radical (unpaired) electrons. The van der Waals surface area contributed by atoms with Gasteiger partial charge in [0.25, 0.3) is 0 Å². The first-order valence-corrected chi connectivity index (χ1v) is 7.82. The lowest BCUT2D eigenvalue weighted by Crippen LogP contribution is -1.97. The van der Waals surface area contributed by atoms with Gasteiger partial charge in [-0.15, -0.1) is 0 Å². The number of benzene rings is 2. The average Bonchev–Trinajstić information content (AvgIpc) is 2.55. The van der Waals surface area contributed by atoms with Crippen LogP contribution in [0.25, 0.3) is 5.57 Å². The van der Waals surface area contributed by atoms with E-state index in [4.69, 9.17) is 4.74 Å². The van der Waals surface area contributed by atoms with Crippen LogP contribution in [-0.2, 0) is 0 Å². The first-order valence-electron chi connectivity index (χ1n) is 7.82. The third kappa shape index (κ3) is 4.61. The second kappa shape index (κ2) is 8.21. The zero-order valence-electron chi connectivity index (χ0n) is 13.5. The Labute approximate surface area is 133 Å². The van der Waals surface area contributed by atoms with Crippen LogP contribution in [0.2, 0.25) is 0 Å². The maximum Gasteiger partial charge on any atom is 0.119 e. The molecule has 2 rings (SSSR count). The quantitative estimate of drug-likeness (QED) is 0.643. The van der Waals surface area contributed by atoms with Gasteiger partial charge in [-0.05, 0) is 48.0 Å². The number of hydrogen-bond acceptors (Lipinski definition) is 2. The van der Waals surface area contributed by atoms with Gasteiger partial charge in [-0.2, -0.15) is 0 Å². The summed E-state index contributed by atoms with van der Waals surface area (Å²) in [6.07, 6.45) is 1.02. The van der Waals surface area contributed by atoms with Crippen LogP contribution in [0, 0.1) is 5.92 Å². The van der Waals surface area contributed by atoms with E-state index in [2.05, 4.69) is 43.8 Å². The predicted octanol–water partition coefficient (Wildman–Crippen LogP) is 5.52. The highest BCUT2D eigenvalue weighted by Gasteiger charge is 2.06. The van der Waals surface area contributed by atoms with E-state index in [-0.39, 0.29) is 0 Å². The molecule has 2 heteroatoms. The van der Waals surface area contributed by atoms with Crippen LogP contribution >= 0.6 is 0 Å². The fourth-order valence-corrected chi connectivity index (χ4v) is 2.10. The number of allylic oxidation sites excluding steroid dienone is 1. The number of nitrogens with zero attached hydrogens (tertiary/aromatic N) is 1. The van der Waals surface area contributed by atoms with E-state index < -0.39 is 0 Å². The molecule has 0 amide bonds. The van der Waals surface area contributed by atoms with Crippen molar-refractivity contribution in [3.8, 4) is 5.75 Å². The number of ether oxygens (including phenoxy) is 1. The van der Waals surface area contributed by atoms with Crippen molar-refractivity contribution in [1.82, 2.24) is 0 Å². The van der Waals surface area contributed by atoms with Crippen LogP contribution in [0.15, 0.2) is 59.6 Å². The van der Waals surface area contributed by atoms with Gasteiger partial charge in [0.1, 0.15) is 5.75 Å². The Morgan fingerprint density at radius 2 is 1.73 bits per heavy atom. The topological polar surface area (TPSA) is 21.6 Å². The zero-order chi connectivity index (χ0) is 15.8. The maximum absolute atomic E-state index is 5.63. The third-order valence-corrected chi connectivity index (χ3v) is 3.28. The molecule has 0 saturated heterocycles. The van der Waals surface area contributed by atoms with Crippen molar-refractivity contribution in [3.63, 3.8) is 0 Å². The van der Waals surface area contributed by atoms with Gasteiger partial charge in [0.2, 0.25) is 0 Å². The van der Waals surface area contributed by atoms with Crippen LogP contribution in [0.1, 0.15) is 32.8 Å². The van der Waals surface area contributed by atoms with Crippen LogP contribution in [0.3, 0.4) is 0 Å². The standard InChI is InChI=1S/C20H23NO/c1-4-14-22-19-12-10-17(11-13-19)20(16(2)3)15-21-18-8-6-5-7-9-18/h5-13,16H,4,14H2,1-3H3. The van der Waals surface area contributed by atoms with E-state index in [1.54, 1.807) is 0 Å². The summed E-state index contributed by atoms with van der Waals surface area (Å²) in [7, 11) is 0. The van der Waals surface area contributed by atoms with Crippen molar-refractivity contribution < 1.29 is 4.74 Å². The minimum atomic E-state index is 0.356. The molecule has 2 aromatic carbocycles. The molecular formula is C20H23NO. The molecular weight excluding hydrogens is 270 g/mol. The van der Waals surface area contributed by atoms with Crippen LogP contribution in [0.4, 0.5) is 5.69 Å². The second-order valence-corrected chi connectivity index (χ2v) is 5.50. The number of para-hydroxylation sites is 1. The maximum atomic E-state index is 5.63. The van der Waals surface area contributed by atoms with Crippen LogP contribution in [-0.4, -0.2) is 12.5 Å². The van der Waals surface area contributed by atoms with Gasteiger partial charge < -0.3 is 4.74 Å². The molecule has 2 aromatic rings. The van der Waals surface area contributed by atoms with Crippen molar-refractivity contribution in [2.75, 3.05) is 6.61 Å². The molecule has 0 N–H and O–H groups in total. The Balaban J connectivity index is 2.26. The highest BCUT2D eigenvalue weighted by molar-refractivity contribution is 5.91. The summed E-state index contributed by atoms with van der Waals surface area (Å²) in [5.74, 6) is 4.48. The Kier molecular flexibility index (Phi) is 6.00. The molecule has 0 spiro atoms. The normalized spacial score (nSPS) is 10.2. The summed E-state index contributed by atoms with van der Waals surface area (Å²) < 4.78 is 5.63. The fraction of sp³-hybridized carbons (Fsp3) is 0.300. The van der Waals surface area contributed by atoms with Gasteiger partial charge in [-0.1, -0.05) is 51.1 Å². The van der Waals surface area contributed by atoms with E-state index in [1.165, 1.54) is 0 Å². The molecule has 22 heavy (non-hydrogen) atoms. The largest absolute Gasteiger partial charge is 0.494 e. The second-order valence-electron chi connectivity index (χ2n) is 5.50. The predicted molar refractivity (Wildman–Crippen MR) is 94.0 cm³/mol. The Bertz CT molecular complexity index is 635. The smallest absolute Gasteiger partial charge is 0.119 e. The summed E-state index contributed by atoms with van der Waals surface area (Å²) in [4.78, 5) is 4.46. The number of rotatable bonds is 6. The minimum Gasteiger partial charge on any atom is -0.494 e. The Morgan fingerprint density at radius 1 is 1.05 bits per heavy atom. The van der Waals surface area contributed by atoms with Gasteiger partial charge in [0, 0.05) is 5.57 Å². The molecule has 0 aliphatic rings. The fourth-order valence-electron chi connectivity index (χ4n) is 2.10. The zero-order valence-corrected chi connectivity index (χ0v) is 13.5. The van der Waals surface area contributed by atoms with E-state index >= 15 is 0 Å².